The molecule has 0 spiro atoms. The molecule has 0 saturated carbocycles. The van der Waals surface area contributed by atoms with E-state index in [4.69, 9.17) is 0 Å². The number of hydrogen-bond donors (Lipinski definition) is 2. The SMILES string of the molecule is CCC(CC)(C(=O)NCC1CCN(CC(=O)NC(C)(C)C)CC1)c1ccc(F)cc1. The molecule has 1 saturated heterocycles. The van der Waals surface area contributed by atoms with Crippen LogP contribution in [0.15, 0.2) is 24.3 Å². The zero-order chi connectivity index (χ0) is 22.4. The van der Waals surface area contributed by atoms with Crippen LogP contribution in [0.2, 0.25) is 0 Å². The van der Waals surface area contributed by atoms with Crippen molar-refractivity contribution in [3.63, 3.8) is 0 Å². The van der Waals surface area contributed by atoms with E-state index in [-0.39, 0.29) is 23.2 Å². The highest BCUT2D eigenvalue weighted by Crippen LogP contribution is 2.32. The van der Waals surface area contributed by atoms with Gasteiger partial charge in [0.05, 0.1) is 12.0 Å². The maximum absolute atomic E-state index is 13.3. The van der Waals surface area contributed by atoms with Crippen molar-refractivity contribution in [3.8, 4) is 0 Å². The number of likely N-dealkylation sites (tertiary alicyclic amines) is 1. The summed E-state index contributed by atoms with van der Waals surface area (Å²) in [7, 11) is 0. The predicted molar refractivity (Wildman–Crippen MR) is 119 cm³/mol. The first kappa shape index (κ1) is 24.3. The molecule has 0 aliphatic carbocycles. The van der Waals surface area contributed by atoms with Gasteiger partial charge >= 0.3 is 0 Å². The van der Waals surface area contributed by atoms with E-state index in [0.717, 1.165) is 31.5 Å². The predicted octanol–water partition coefficient (Wildman–Crippen LogP) is 3.63. The number of carbonyl (C=O) groups excluding carboxylic acids is 2. The van der Waals surface area contributed by atoms with E-state index >= 15 is 0 Å². The Labute approximate surface area is 180 Å². The zero-order valence-corrected chi connectivity index (χ0v) is 19.2. The Morgan fingerprint density at radius 3 is 2.13 bits per heavy atom. The quantitative estimate of drug-likeness (QED) is 0.676. The number of nitrogens with one attached hydrogen (secondary N) is 2. The Balaban J connectivity index is 1.86. The highest BCUT2D eigenvalue weighted by Gasteiger charge is 2.37. The number of carbonyl (C=O) groups is 2. The van der Waals surface area contributed by atoms with Crippen molar-refractivity contribution >= 4 is 11.8 Å². The van der Waals surface area contributed by atoms with Crippen LogP contribution in [0.25, 0.3) is 0 Å². The molecule has 1 aliphatic heterocycles. The molecule has 0 aromatic heterocycles. The molecule has 2 N–H and O–H groups in total. The van der Waals surface area contributed by atoms with Gasteiger partial charge in [-0.25, -0.2) is 4.39 Å². The van der Waals surface area contributed by atoms with Crippen LogP contribution in [-0.2, 0) is 15.0 Å². The van der Waals surface area contributed by atoms with E-state index in [1.807, 2.05) is 34.6 Å². The number of rotatable bonds is 8. The summed E-state index contributed by atoms with van der Waals surface area (Å²) in [5, 5.41) is 6.17. The van der Waals surface area contributed by atoms with Crippen molar-refractivity contribution in [1.82, 2.24) is 15.5 Å². The molecule has 0 unspecified atom stereocenters. The van der Waals surface area contributed by atoms with Crippen LogP contribution in [-0.4, -0.2) is 48.4 Å². The number of halogens is 1. The van der Waals surface area contributed by atoms with E-state index in [1.165, 1.54) is 12.1 Å². The van der Waals surface area contributed by atoms with Gasteiger partial charge in [0.15, 0.2) is 0 Å². The van der Waals surface area contributed by atoms with Gasteiger partial charge in [-0.3, -0.25) is 14.5 Å². The lowest BCUT2D eigenvalue weighted by atomic mass is 9.75. The third kappa shape index (κ3) is 6.53. The first-order chi connectivity index (χ1) is 14.1. The molecule has 0 bridgehead atoms. The normalized spacial score (nSPS) is 16.3. The maximum atomic E-state index is 13.3. The van der Waals surface area contributed by atoms with E-state index in [0.29, 0.717) is 31.8 Å². The fourth-order valence-electron chi connectivity index (χ4n) is 4.30. The Morgan fingerprint density at radius 1 is 1.07 bits per heavy atom. The van der Waals surface area contributed by atoms with Gasteiger partial charge in [-0.15, -0.1) is 0 Å². The van der Waals surface area contributed by atoms with E-state index in [2.05, 4.69) is 15.5 Å². The number of hydrogen-bond acceptors (Lipinski definition) is 3. The van der Waals surface area contributed by atoms with Gasteiger partial charge < -0.3 is 10.6 Å². The fourth-order valence-corrected chi connectivity index (χ4v) is 4.30. The molecule has 2 amide bonds. The molecular weight excluding hydrogens is 381 g/mol. The standard InChI is InChI=1S/C24H38FN3O2/c1-6-24(7-2,19-8-10-20(25)11-9-19)22(30)26-16-18-12-14-28(15-13-18)17-21(29)27-23(3,4)5/h8-11,18H,6-7,12-17H2,1-5H3,(H,26,30)(H,27,29). The summed E-state index contributed by atoms with van der Waals surface area (Å²) in [5.41, 5.74) is 0.0282. The van der Waals surface area contributed by atoms with E-state index < -0.39 is 5.41 Å². The molecule has 1 aromatic rings. The highest BCUT2D eigenvalue weighted by molar-refractivity contribution is 5.88. The fraction of sp³-hybridized carbons (Fsp3) is 0.667. The second kappa shape index (κ2) is 10.4. The molecule has 1 heterocycles. The molecule has 5 nitrogen and oxygen atoms in total. The molecular formula is C24H38FN3O2. The molecule has 30 heavy (non-hydrogen) atoms. The van der Waals surface area contributed by atoms with Gasteiger partial charge in [0.1, 0.15) is 5.82 Å². The van der Waals surface area contributed by atoms with Crippen LogP contribution in [0.3, 0.4) is 0 Å². The van der Waals surface area contributed by atoms with Crippen LogP contribution in [0.4, 0.5) is 4.39 Å². The van der Waals surface area contributed by atoms with Crippen LogP contribution in [0, 0.1) is 11.7 Å². The molecule has 6 heteroatoms. The minimum Gasteiger partial charge on any atom is -0.355 e. The minimum absolute atomic E-state index is 0.0195. The van der Waals surface area contributed by atoms with Crippen LogP contribution in [0.1, 0.15) is 65.9 Å². The molecule has 0 atom stereocenters. The summed E-state index contributed by atoms with van der Waals surface area (Å²) in [6.45, 7) is 12.8. The summed E-state index contributed by atoms with van der Waals surface area (Å²) in [6, 6.07) is 6.30. The van der Waals surface area contributed by atoms with Gasteiger partial charge in [0.25, 0.3) is 0 Å². The molecule has 0 radical (unpaired) electrons. The van der Waals surface area contributed by atoms with Crippen molar-refractivity contribution in [1.29, 1.82) is 0 Å². The Hall–Kier alpha value is -1.95. The summed E-state index contributed by atoms with van der Waals surface area (Å²) >= 11 is 0. The second-order valence-electron chi connectivity index (χ2n) is 9.52. The monoisotopic (exact) mass is 419 g/mol. The van der Waals surface area contributed by atoms with Gasteiger partial charge in [0, 0.05) is 12.1 Å². The molecule has 2 rings (SSSR count). The summed E-state index contributed by atoms with van der Waals surface area (Å²) in [5.74, 6) is 0.203. The summed E-state index contributed by atoms with van der Waals surface area (Å²) in [6.07, 6.45) is 3.26. The number of amides is 2. The molecule has 1 fully saturated rings. The number of piperidine rings is 1. The molecule has 1 aromatic carbocycles. The average molecular weight is 420 g/mol. The lowest BCUT2D eigenvalue weighted by Crippen LogP contribution is -2.49. The third-order valence-electron chi connectivity index (χ3n) is 6.18. The number of nitrogens with zero attached hydrogens (tertiary/aromatic N) is 1. The van der Waals surface area contributed by atoms with E-state index in [9.17, 15) is 14.0 Å². The van der Waals surface area contributed by atoms with Crippen molar-refractivity contribution in [3.05, 3.63) is 35.6 Å². The van der Waals surface area contributed by atoms with Crippen molar-refractivity contribution < 1.29 is 14.0 Å². The zero-order valence-electron chi connectivity index (χ0n) is 19.2. The topological polar surface area (TPSA) is 61.4 Å². The van der Waals surface area contributed by atoms with Gasteiger partial charge in [-0.2, -0.15) is 0 Å². The highest BCUT2D eigenvalue weighted by atomic mass is 19.1. The molecule has 168 valence electrons. The Morgan fingerprint density at radius 2 is 1.63 bits per heavy atom. The maximum Gasteiger partial charge on any atom is 0.234 e. The van der Waals surface area contributed by atoms with Crippen LogP contribution < -0.4 is 10.6 Å². The van der Waals surface area contributed by atoms with E-state index in [1.54, 1.807) is 12.1 Å². The average Bonchev–Trinajstić information content (AvgIpc) is 2.68. The van der Waals surface area contributed by atoms with Crippen LogP contribution in [0.5, 0.6) is 0 Å². The largest absolute Gasteiger partial charge is 0.355 e. The van der Waals surface area contributed by atoms with Crippen molar-refractivity contribution in [2.75, 3.05) is 26.2 Å². The van der Waals surface area contributed by atoms with Crippen molar-refractivity contribution in [2.45, 2.75) is 71.3 Å². The Bertz CT molecular complexity index is 700. The Kier molecular flexibility index (Phi) is 8.42. The third-order valence-corrected chi connectivity index (χ3v) is 6.18. The van der Waals surface area contributed by atoms with Gasteiger partial charge in [-0.1, -0.05) is 26.0 Å². The van der Waals surface area contributed by atoms with Crippen molar-refractivity contribution in [2.24, 2.45) is 5.92 Å². The van der Waals surface area contributed by atoms with Gasteiger partial charge in [-0.05, 0) is 83.2 Å². The second-order valence-corrected chi connectivity index (χ2v) is 9.52. The minimum atomic E-state index is -0.626. The molecule has 1 aliphatic rings. The van der Waals surface area contributed by atoms with Crippen LogP contribution >= 0.6 is 0 Å². The smallest absolute Gasteiger partial charge is 0.234 e. The first-order valence-corrected chi connectivity index (χ1v) is 11.2. The van der Waals surface area contributed by atoms with Gasteiger partial charge in [0.2, 0.25) is 11.8 Å². The summed E-state index contributed by atoms with van der Waals surface area (Å²) in [4.78, 5) is 27.4. The first-order valence-electron chi connectivity index (χ1n) is 11.2. The lowest BCUT2D eigenvalue weighted by Gasteiger charge is -2.34. The number of benzene rings is 1. The lowest BCUT2D eigenvalue weighted by molar-refractivity contribution is -0.127. The summed E-state index contributed by atoms with van der Waals surface area (Å²) < 4.78 is 13.3.